The summed E-state index contributed by atoms with van der Waals surface area (Å²) >= 11 is 0. The van der Waals surface area contributed by atoms with Gasteiger partial charge in [0, 0.05) is 48.2 Å². The van der Waals surface area contributed by atoms with E-state index in [4.69, 9.17) is 5.73 Å². The zero-order valence-corrected chi connectivity index (χ0v) is 20.8. The van der Waals surface area contributed by atoms with Gasteiger partial charge in [0.05, 0.1) is 5.56 Å². The van der Waals surface area contributed by atoms with Gasteiger partial charge >= 0.3 is 0 Å². The van der Waals surface area contributed by atoms with Crippen molar-refractivity contribution in [2.45, 2.75) is 64.1 Å². The molecule has 10 heteroatoms. The number of phenols is 1. The maximum Gasteiger partial charge on any atom is 0.255 e. The van der Waals surface area contributed by atoms with E-state index in [0.717, 1.165) is 19.4 Å². The Balaban J connectivity index is 1.58. The van der Waals surface area contributed by atoms with Crippen LogP contribution in [0.2, 0.25) is 0 Å². The summed E-state index contributed by atoms with van der Waals surface area (Å²) in [5.41, 5.74) is 1.56. The third-order valence-electron chi connectivity index (χ3n) is 8.11. The van der Waals surface area contributed by atoms with Gasteiger partial charge in [-0.15, -0.1) is 0 Å². The van der Waals surface area contributed by atoms with E-state index < -0.39 is 70.0 Å². The summed E-state index contributed by atoms with van der Waals surface area (Å²) in [5, 5.41) is 43.8. The number of carbonyl (C=O) groups excluding carboxylic acids is 3. The van der Waals surface area contributed by atoms with E-state index in [1.165, 1.54) is 6.07 Å². The molecular weight excluding hydrogens is 483 g/mol. The minimum Gasteiger partial charge on any atom is -0.508 e. The summed E-state index contributed by atoms with van der Waals surface area (Å²) in [6.07, 6.45) is 1.57. The fourth-order valence-corrected chi connectivity index (χ4v) is 6.31. The molecule has 2 saturated carbocycles. The molecule has 4 aliphatic carbocycles. The number of hydrogen-bond acceptors (Lipinski definition) is 8. The Hall–Kier alpha value is -3.24. The van der Waals surface area contributed by atoms with Crippen molar-refractivity contribution in [3.05, 3.63) is 45.5 Å². The third kappa shape index (κ3) is 3.85. The predicted octanol–water partition coefficient (Wildman–Crippen LogP) is 2.18. The molecule has 0 radical (unpaired) electrons. The standard InChI is InChI=1S/C27H31FN2O7/c1-11(2)9-30(15-3-4-15)10-13-7-17(31)20-16(22(13)28)6-12-5-14-8-18(32)21(26(29)36)25(35)27(14,37)24(34)19(12)23(20)33/h7,11-12,14-15,31,33,35,37H,3-6,8-10H2,1-2H3,(H2,29,36)/t12?,14-,27-/m0/s1. The molecule has 1 amide bonds. The maximum absolute atomic E-state index is 15.9. The fourth-order valence-electron chi connectivity index (χ4n) is 6.31. The Kier molecular flexibility index (Phi) is 5.95. The van der Waals surface area contributed by atoms with Crippen molar-refractivity contribution in [3.8, 4) is 5.75 Å². The van der Waals surface area contributed by atoms with Crippen LogP contribution in [0.4, 0.5) is 4.39 Å². The smallest absolute Gasteiger partial charge is 0.255 e. The molecule has 6 N–H and O–H groups in total. The molecule has 0 heterocycles. The Labute approximate surface area is 213 Å². The average molecular weight is 515 g/mol. The molecule has 0 bridgehead atoms. The lowest BCUT2D eigenvalue weighted by Crippen LogP contribution is -2.58. The Morgan fingerprint density at radius 3 is 2.49 bits per heavy atom. The predicted molar refractivity (Wildman–Crippen MR) is 130 cm³/mol. The van der Waals surface area contributed by atoms with Crippen molar-refractivity contribution in [1.29, 1.82) is 0 Å². The van der Waals surface area contributed by atoms with Crippen LogP contribution < -0.4 is 5.73 Å². The van der Waals surface area contributed by atoms with E-state index in [9.17, 15) is 34.8 Å². The van der Waals surface area contributed by atoms with Gasteiger partial charge in [0.1, 0.15) is 28.7 Å². The number of amides is 1. The van der Waals surface area contributed by atoms with Crippen molar-refractivity contribution in [2.24, 2.45) is 23.5 Å². The van der Waals surface area contributed by atoms with Gasteiger partial charge in [-0.3, -0.25) is 19.3 Å². The molecule has 0 spiro atoms. The first kappa shape index (κ1) is 25.4. The van der Waals surface area contributed by atoms with Crippen LogP contribution in [-0.2, 0) is 27.3 Å². The van der Waals surface area contributed by atoms with E-state index in [1.54, 1.807) is 0 Å². The van der Waals surface area contributed by atoms with Crippen LogP contribution in [0.1, 0.15) is 56.2 Å². The lowest BCUT2D eigenvalue weighted by molar-refractivity contribution is -0.147. The number of aliphatic hydroxyl groups excluding tert-OH is 2. The molecule has 198 valence electrons. The molecule has 0 aliphatic heterocycles. The van der Waals surface area contributed by atoms with Crippen molar-refractivity contribution in [3.63, 3.8) is 0 Å². The molecule has 1 aromatic rings. The van der Waals surface area contributed by atoms with E-state index in [1.807, 2.05) is 0 Å². The van der Waals surface area contributed by atoms with E-state index in [-0.39, 0.29) is 29.5 Å². The number of fused-ring (bicyclic) bond motifs is 3. The number of carbonyl (C=O) groups is 3. The zero-order chi connectivity index (χ0) is 27.0. The van der Waals surface area contributed by atoms with Gasteiger partial charge < -0.3 is 26.2 Å². The van der Waals surface area contributed by atoms with E-state index in [0.29, 0.717) is 24.1 Å². The van der Waals surface area contributed by atoms with Crippen molar-refractivity contribution in [2.75, 3.05) is 6.54 Å². The fraction of sp³-hybridized carbons (Fsp3) is 0.519. The first-order valence-electron chi connectivity index (χ1n) is 12.6. The summed E-state index contributed by atoms with van der Waals surface area (Å²) in [6, 6.07) is 1.62. The van der Waals surface area contributed by atoms with Crippen LogP contribution in [0.5, 0.6) is 5.75 Å². The summed E-state index contributed by atoms with van der Waals surface area (Å²) < 4.78 is 15.9. The number of nitrogens with zero attached hydrogens (tertiary/aromatic N) is 1. The van der Waals surface area contributed by atoms with Gasteiger partial charge in [-0.1, -0.05) is 13.8 Å². The van der Waals surface area contributed by atoms with Gasteiger partial charge in [0.15, 0.2) is 11.4 Å². The molecule has 5 rings (SSSR count). The number of rotatable bonds is 6. The van der Waals surface area contributed by atoms with Crippen molar-refractivity contribution < 1.29 is 39.2 Å². The van der Waals surface area contributed by atoms with Gasteiger partial charge in [0.25, 0.3) is 5.91 Å². The number of Topliss-reactive ketones (excluding diaryl/α,β-unsaturated/α-hetero) is 2. The lowest BCUT2D eigenvalue weighted by atomic mass is 9.59. The van der Waals surface area contributed by atoms with E-state index in [2.05, 4.69) is 18.7 Å². The molecule has 3 atom stereocenters. The number of hydrogen-bond donors (Lipinski definition) is 5. The molecule has 4 aliphatic rings. The number of halogens is 1. The first-order valence-corrected chi connectivity index (χ1v) is 12.6. The van der Waals surface area contributed by atoms with Crippen molar-refractivity contribution in [1.82, 2.24) is 4.90 Å². The van der Waals surface area contributed by atoms with Crippen LogP contribution in [0, 0.1) is 23.6 Å². The number of primary amides is 1. The van der Waals surface area contributed by atoms with Crippen LogP contribution >= 0.6 is 0 Å². The molecule has 9 nitrogen and oxygen atoms in total. The summed E-state index contributed by atoms with van der Waals surface area (Å²) in [4.78, 5) is 39.9. The molecule has 37 heavy (non-hydrogen) atoms. The normalized spacial score (nSPS) is 27.5. The molecule has 1 aromatic carbocycles. The van der Waals surface area contributed by atoms with Crippen molar-refractivity contribution >= 4 is 23.2 Å². The molecular formula is C27H31FN2O7. The average Bonchev–Trinajstić information content (AvgIpc) is 3.64. The highest BCUT2D eigenvalue weighted by molar-refractivity contribution is 6.22. The second-order valence-electron chi connectivity index (χ2n) is 11.2. The number of benzene rings is 1. The molecule has 0 saturated heterocycles. The molecule has 1 unspecified atom stereocenters. The largest absolute Gasteiger partial charge is 0.508 e. The number of aromatic hydroxyl groups is 1. The quantitative estimate of drug-likeness (QED) is 0.361. The topological polar surface area (TPSA) is 161 Å². The summed E-state index contributed by atoms with van der Waals surface area (Å²) in [6.45, 7) is 5.23. The highest BCUT2D eigenvalue weighted by Crippen LogP contribution is 2.52. The first-order chi connectivity index (χ1) is 17.4. The van der Waals surface area contributed by atoms with Crippen LogP contribution in [0.25, 0.3) is 5.76 Å². The molecule has 2 fully saturated rings. The van der Waals surface area contributed by atoms with Gasteiger partial charge in [0.2, 0.25) is 5.78 Å². The SMILES string of the molecule is CC(C)CN(Cc1cc(O)c2c(c1F)CC1C[C@H]3CC(=O)C(C(N)=O)=C(O)[C@@]3(O)C(=O)C1=C2O)C1CC1. The van der Waals surface area contributed by atoms with Crippen LogP contribution in [0.15, 0.2) is 23.0 Å². The number of aliphatic hydroxyl groups is 3. The summed E-state index contributed by atoms with van der Waals surface area (Å²) in [5.74, 6) is -7.43. The second kappa shape index (κ2) is 8.66. The second-order valence-corrected chi connectivity index (χ2v) is 11.2. The number of nitrogens with two attached hydrogens (primary N) is 1. The van der Waals surface area contributed by atoms with Gasteiger partial charge in [-0.05, 0) is 43.6 Å². The van der Waals surface area contributed by atoms with Gasteiger partial charge in [-0.25, -0.2) is 4.39 Å². The highest BCUT2D eigenvalue weighted by Gasteiger charge is 2.60. The van der Waals surface area contributed by atoms with Crippen LogP contribution in [-0.4, -0.2) is 61.0 Å². The minimum atomic E-state index is -2.63. The Morgan fingerprint density at radius 1 is 1.22 bits per heavy atom. The lowest BCUT2D eigenvalue weighted by Gasteiger charge is -2.46. The van der Waals surface area contributed by atoms with E-state index >= 15 is 4.39 Å². The number of phenolic OH excluding ortho intramolecular Hbond substituents is 1. The monoisotopic (exact) mass is 514 g/mol. The number of ketones is 2. The maximum atomic E-state index is 15.9. The summed E-state index contributed by atoms with van der Waals surface area (Å²) in [7, 11) is 0. The minimum absolute atomic E-state index is 0.0328. The zero-order valence-electron chi connectivity index (χ0n) is 20.8. The molecule has 0 aromatic heterocycles. The van der Waals surface area contributed by atoms with Crippen LogP contribution in [0.3, 0.4) is 0 Å². The third-order valence-corrected chi connectivity index (χ3v) is 8.11. The Bertz CT molecular complexity index is 1300. The Morgan fingerprint density at radius 2 is 1.89 bits per heavy atom. The highest BCUT2D eigenvalue weighted by atomic mass is 19.1. The van der Waals surface area contributed by atoms with Gasteiger partial charge in [-0.2, -0.15) is 0 Å².